The second kappa shape index (κ2) is 6.62. The molecule has 7 nitrogen and oxygen atoms in total. The van der Waals surface area contributed by atoms with Gasteiger partial charge in [-0.1, -0.05) is 19.1 Å². The predicted octanol–water partition coefficient (Wildman–Crippen LogP) is 1.22. The van der Waals surface area contributed by atoms with Crippen LogP contribution in [-0.4, -0.2) is 48.8 Å². The Kier molecular flexibility index (Phi) is 4.56. The molecule has 1 N–H and O–H groups in total. The molecular weight excluding hydrogens is 292 g/mol. The molecule has 0 amide bonds. The third-order valence-electron chi connectivity index (χ3n) is 4.44. The van der Waals surface area contributed by atoms with Crippen LogP contribution >= 0.6 is 0 Å². The first kappa shape index (κ1) is 15.9. The lowest BCUT2D eigenvalue weighted by Crippen LogP contribution is -2.47. The Morgan fingerprint density at radius 1 is 1.17 bits per heavy atom. The molecule has 7 heteroatoms. The van der Waals surface area contributed by atoms with E-state index in [0.717, 1.165) is 43.3 Å². The minimum atomic E-state index is -0.724. The van der Waals surface area contributed by atoms with Crippen LogP contribution in [0, 0.1) is 0 Å². The van der Waals surface area contributed by atoms with E-state index in [2.05, 4.69) is 45.1 Å². The predicted molar refractivity (Wildman–Crippen MR) is 87.2 cm³/mol. The molecule has 1 aliphatic rings. The number of aliphatic hydroxyl groups is 1. The maximum Gasteiger partial charge on any atom is 0.132 e. The number of nitrogens with zero attached hydrogens (tertiary/aromatic N) is 6. The molecule has 2 aromatic heterocycles. The fourth-order valence-electron chi connectivity index (χ4n) is 2.97. The number of piperidine rings is 1. The van der Waals surface area contributed by atoms with E-state index in [1.54, 1.807) is 17.1 Å². The highest BCUT2D eigenvalue weighted by molar-refractivity contribution is 5.40. The SMILES string of the molecule is CCc1cc(N2CCC(O)(Cn3ccnn3)CC2)nc(CC)n1. The number of hydrogen-bond acceptors (Lipinski definition) is 6. The summed E-state index contributed by atoms with van der Waals surface area (Å²) in [6, 6.07) is 2.07. The minimum Gasteiger partial charge on any atom is -0.388 e. The molecule has 0 bridgehead atoms. The van der Waals surface area contributed by atoms with Crippen LogP contribution in [0.15, 0.2) is 18.5 Å². The highest BCUT2D eigenvalue weighted by Crippen LogP contribution is 2.27. The van der Waals surface area contributed by atoms with Crippen molar-refractivity contribution in [2.24, 2.45) is 0 Å². The molecule has 0 saturated carbocycles. The third kappa shape index (κ3) is 3.67. The van der Waals surface area contributed by atoms with Gasteiger partial charge >= 0.3 is 0 Å². The van der Waals surface area contributed by atoms with Gasteiger partial charge < -0.3 is 10.0 Å². The number of rotatable bonds is 5. The highest BCUT2D eigenvalue weighted by atomic mass is 16.3. The average molecular weight is 316 g/mol. The first-order chi connectivity index (χ1) is 11.1. The topological polar surface area (TPSA) is 80.0 Å². The normalized spacial score (nSPS) is 17.4. The van der Waals surface area contributed by atoms with E-state index in [1.165, 1.54) is 0 Å². The van der Waals surface area contributed by atoms with Crippen LogP contribution in [0.25, 0.3) is 0 Å². The summed E-state index contributed by atoms with van der Waals surface area (Å²) in [5.41, 5.74) is 0.355. The Bertz CT molecular complexity index is 612. The summed E-state index contributed by atoms with van der Waals surface area (Å²) >= 11 is 0. The van der Waals surface area contributed by atoms with E-state index in [1.807, 2.05) is 0 Å². The van der Waals surface area contributed by atoms with Gasteiger partial charge in [-0.15, -0.1) is 5.10 Å². The zero-order chi connectivity index (χ0) is 16.3. The average Bonchev–Trinajstić information content (AvgIpc) is 3.07. The van der Waals surface area contributed by atoms with E-state index >= 15 is 0 Å². The molecule has 0 spiro atoms. The van der Waals surface area contributed by atoms with Crippen molar-refractivity contribution >= 4 is 5.82 Å². The Labute approximate surface area is 136 Å². The molecule has 2 aromatic rings. The summed E-state index contributed by atoms with van der Waals surface area (Å²) in [6.45, 7) is 6.25. The minimum absolute atomic E-state index is 0.491. The molecule has 0 atom stereocenters. The first-order valence-electron chi connectivity index (χ1n) is 8.30. The summed E-state index contributed by atoms with van der Waals surface area (Å²) in [7, 11) is 0. The Morgan fingerprint density at radius 3 is 2.57 bits per heavy atom. The maximum atomic E-state index is 10.8. The number of aromatic nitrogens is 5. The molecule has 1 saturated heterocycles. The van der Waals surface area contributed by atoms with Gasteiger partial charge in [0.2, 0.25) is 0 Å². The van der Waals surface area contributed by atoms with Crippen LogP contribution < -0.4 is 4.90 Å². The van der Waals surface area contributed by atoms with Gasteiger partial charge in [-0.3, -0.25) is 0 Å². The summed E-state index contributed by atoms with van der Waals surface area (Å²) < 4.78 is 1.70. The largest absolute Gasteiger partial charge is 0.388 e. The van der Waals surface area contributed by atoms with E-state index in [-0.39, 0.29) is 0 Å². The molecular formula is C16H24N6O. The molecule has 124 valence electrons. The van der Waals surface area contributed by atoms with Crippen molar-refractivity contribution in [3.63, 3.8) is 0 Å². The van der Waals surface area contributed by atoms with Crippen molar-refractivity contribution in [2.75, 3.05) is 18.0 Å². The molecule has 3 heterocycles. The van der Waals surface area contributed by atoms with Gasteiger partial charge in [0.25, 0.3) is 0 Å². The van der Waals surface area contributed by atoms with Crippen molar-refractivity contribution in [1.82, 2.24) is 25.0 Å². The maximum absolute atomic E-state index is 10.8. The Morgan fingerprint density at radius 2 is 1.96 bits per heavy atom. The lowest BCUT2D eigenvalue weighted by atomic mass is 9.91. The van der Waals surface area contributed by atoms with Crippen LogP contribution in [0.1, 0.15) is 38.2 Å². The second-order valence-electron chi connectivity index (χ2n) is 6.15. The lowest BCUT2D eigenvalue weighted by molar-refractivity contribution is -0.00356. The molecule has 23 heavy (non-hydrogen) atoms. The molecule has 0 aliphatic carbocycles. The number of anilines is 1. The molecule has 0 radical (unpaired) electrons. The summed E-state index contributed by atoms with van der Waals surface area (Å²) in [4.78, 5) is 11.4. The van der Waals surface area contributed by atoms with Gasteiger partial charge in [0.1, 0.15) is 11.6 Å². The Balaban J connectivity index is 1.69. The van der Waals surface area contributed by atoms with Crippen molar-refractivity contribution < 1.29 is 5.11 Å². The summed E-state index contributed by atoms with van der Waals surface area (Å²) in [5, 5.41) is 18.5. The zero-order valence-electron chi connectivity index (χ0n) is 13.8. The monoisotopic (exact) mass is 316 g/mol. The first-order valence-corrected chi connectivity index (χ1v) is 8.30. The molecule has 1 fully saturated rings. The van der Waals surface area contributed by atoms with Gasteiger partial charge in [0.05, 0.1) is 18.3 Å². The van der Waals surface area contributed by atoms with Crippen LogP contribution in [0.4, 0.5) is 5.82 Å². The van der Waals surface area contributed by atoms with E-state index < -0.39 is 5.60 Å². The van der Waals surface area contributed by atoms with Gasteiger partial charge in [-0.05, 0) is 19.3 Å². The van der Waals surface area contributed by atoms with Crippen LogP contribution in [-0.2, 0) is 19.4 Å². The van der Waals surface area contributed by atoms with Crippen molar-refractivity contribution in [1.29, 1.82) is 0 Å². The van der Waals surface area contributed by atoms with Crippen LogP contribution in [0.3, 0.4) is 0 Å². The Hall–Kier alpha value is -2.02. The van der Waals surface area contributed by atoms with Crippen molar-refractivity contribution in [3.05, 3.63) is 30.0 Å². The lowest BCUT2D eigenvalue weighted by Gasteiger charge is -2.38. The fourth-order valence-corrected chi connectivity index (χ4v) is 2.97. The van der Waals surface area contributed by atoms with E-state index in [9.17, 15) is 5.11 Å². The number of hydrogen-bond donors (Lipinski definition) is 1. The van der Waals surface area contributed by atoms with Crippen LogP contribution in [0.5, 0.6) is 0 Å². The standard InChI is InChI=1S/C16H24N6O/c1-3-13-11-15(19-14(4-2)18-13)21-8-5-16(23,6-9-21)12-22-10-7-17-20-22/h7,10-11,23H,3-6,8-9,12H2,1-2H3. The quantitative estimate of drug-likeness (QED) is 0.893. The fraction of sp³-hybridized carbons (Fsp3) is 0.625. The molecule has 0 aromatic carbocycles. The molecule has 1 aliphatic heterocycles. The van der Waals surface area contributed by atoms with Crippen molar-refractivity contribution in [3.8, 4) is 0 Å². The summed E-state index contributed by atoms with van der Waals surface area (Å²) in [5.74, 6) is 1.87. The summed E-state index contributed by atoms with van der Waals surface area (Å²) in [6.07, 6.45) is 6.56. The third-order valence-corrected chi connectivity index (χ3v) is 4.44. The van der Waals surface area contributed by atoms with Crippen molar-refractivity contribution in [2.45, 2.75) is 51.7 Å². The molecule has 3 rings (SSSR count). The number of aryl methyl sites for hydroxylation is 2. The molecule has 0 unspecified atom stereocenters. The smallest absolute Gasteiger partial charge is 0.132 e. The van der Waals surface area contributed by atoms with Gasteiger partial charge in [0, 0.05) is 37.5 Å². The van der Waals surface area contributed by atoms with E-state index in [0.29, 0.717) is 19.4 Å². The highest BCUT2D eigenvalue weighted by Gasteiger charge is 2.33. The van der Waals surface area contributed by atoms with Gasteiger partial charge in [-0.25, -0.2) is 14.6 Å². The zero-order valence-corrected chi connectivity index (χ0v) is 13.8. The van der Waals surface area contributed by atoms with Gasteiger partial charge in [0.15, 0.2) is 0 Å². The second-order valence-corrected chi connectivity index (χ2v) is 6.15. The van der Waals surface area contributed by atoms with E-state index in [4.69, 9.17) is 0 Å². The van der Waals surface area contributed by atoms with Crippen LogP contribution in [0.2, 0.25) is 0 Å². The van der Waals surface area contributed by atoms with Gasteiger partial charge in [-0.2, -0.15) is 0 Å².